The second kappa shape index (κ2) is 6.61. The number of nitrogens with two attached hydrogens (primary N) is 1. The van der Waals surface area contributed by atoms with E-state index in [2.05, 4.69) is 19.9 Å². The maximum absolute atomic E-state index is 6.10. The number of H-pyrrole nitrogens is 1. The van der Waals surface area contributed by atoms with E-state index in [0.717, 1.165) is 36.4 Å². The standard InChI is InChI=1S/C16H23N5/c17-16(21-11-5-1-2-6-12-21)18-10-9-15-19-13-7-3-4-8-14(13)20-15/h3-4,7-8H,1-2,5-6,9-12H2,(H2,17,18)(H,19,20). The highest BCUT2D eigenvalue weighted by molar-refractivity contribution is 5.78. The molecule has 0 bridgehead atoms. The van der Waals surface area contributed by atoms with Crippen molar-refractivity contribution in [1.29, 1.82) is 0 Å². The Morgan fingerprint density at radius 2 is 1.95 bits per heavy atom. The van der Waals surface area contributed by atoms with Gasteiger partial charge < -0.3 is 15.6 Å². The Balaban J connectivity index is 1.57. The smallest absolute Gasteiger partial charge is 0.191 e. The van der Waals surface area contributed by atoms with Crippen molar-refractivity contribution in [2.45, 2.75) is 32.1 Å². The molecule has 5 heteroatoms. The number of benzene rings is 1. The van der Waals surface area contributed by atoms with Crippen molar-refractivity contribution in [3.8, 4) is 0 Å². The summed E-state index contributed by atoms with van der Waals surface area (Å²) in [4.78, 5) is 14.6. The topological polar surface area (TPSA) is 70.3 Å². The van der Waals surface area contributed by atoms with Gasteiger partial charge in [0.05, 0.1) is 11.0 Å². The number of aromatic amines is 1. The fraction of sp³-hybridized carbons (Fsp3) is 0.500. The summed E-state index contributed by atoms with van der Waals surface area (Å²) < 4.78 is 0. The van der Waals surface area contributed by atoms with Crippen LogP contribution in [0, 0.1) is 0 Å². The Morgan fingerprint density at radius 3 is 2.71 bits per heavy atom. The molecule has 0 radical (unpaired) electrons. The molecule has 0 amide bonds. The summed E-state index contributed by atoms with van der Waals surface area (Å²) >= 11 is 0. The number of fused-ring (bicyclic) bond motifs is 1. The molecule has 3 N–H and O–H groups in total. The van der Waals surface area contributed by atoms with Crippen LogP contribution in [0.3, 0.4) is 0 Å². The van der Waals surface area contributed by atoms with Crippen LogP contribution in [0.1, 0.15) is 31.5 Å². The maximum atomic E-state index is 6.10. The van der Waals surface area contributed by atoms with Crippen LogP contribution in [0.5, 0.6) is 0 Å². The average molecular weight is 285 g/mol. The van der Waals surface area contributed by atoms with Crippen molar-refractivity contribution in [3.05, 3.63) is 30.1 Å². The molecule has 2 heterocycles. The molecule has 0 spiro atoms. The monoisotopic (exact) mass is 285 g/mol. The lowest BCUT2D eigenvalue weighted by molar-refractivity contribution is 0.428. The summed E-state index contributed by atoms with van der Waals surface area (Å²) in [5.74, 6) is 1.66. The third-order valence-electron chi connectivity index (χ3n) is 3.99. The van der Waals surface area contributed by atoms with Crippen LogP contribution in [-0.2, 0) is 6.42 Å². The van der Waals surface area contributed by atoms with Gasteiger partial charge in [0.1, 0.15) is 5.82 Å². The third-order valence-corrected chi connectivity index (χ3v) is 3.99. The molecule has 1 aliphatic rings. The second-order valence-electron chi connectivity index (χ2n) is 5.59. The summed E-state index contributed by atoms with van der Waals surface area (Å²) in [7, 11) is 0. The van der Waals surface area contributed by atoms with E-state index < -0.39 is 0 Å². The minimum atomic E-state index is 0.683. The summed E-state index contributed by atoms with van der Waals surface area (Å²) in [6.07, 6.45) is 5.86. The SMILES string of the molecule is NC(=NCCc1nc2ccccc2[nH]1)N1CCCCCC1. The molecule has 3 rings (SSSR count). The lowest BCUT2D eigenvalue weighted by atomic mass is 10.2. The molecule has 1 saturated heterocycles. The first-order chi connectivity index (χ1) is 10.3. The normalized spacial score (nSPS) is 17.1. The molecule has 0 saturated carbocycles. The van der Waals surface area contributed by atoms with Gasteiger partial charge in [0.2, 0.25) is 0 Å². The first-order valence-electron chi connectivity index (χ1n) is 7.81. The Kier molecular flexibility index (Phi) is 4.38. The van der Waals surface area contributed by atoms with E-state index in [9.17, 15) is 0 Å². The van der Waals surface area contributed by atoms with E-state index in [-0.39, 0.29) is 0 Å². The largest absolute Gasteiger partial charge is 0.370 e. The fourth-order valence-corrected chi connectivity index (χ4v) is 2.80. The maximum Gasteiger partial charge on any atom is 0.191 e. The van der Waals surface area contributed by atoms with E-state index >= 15 is 0 Å². The number of rotatable bonds is 3. The van der Waals surface area contributed by atoms with Gasteiger partial charge in [0.25, 0.3) is 0 Å². The lowest BCUT2D eigenvalue weighted by Gasteiger charge is -2.20. The molecule has 0 atom stereocenters. The number of hydrogen-bond acceptors (Lipinski definition) is 2. The van der Waals surface area contributed by atoms with Crippen LogP contribution in [-0.4, -0.2) is 40.5 Å². The number of hydrogen-bond donors (Lipinski definition) is 2. The van der Waals surface area contributed by atoms with Gasteiger partial charge in [-0.3, -0.25) is 4.99 Å². The molecule has 1 aromatic carbocycles. The predicted octanol–water partition coefficient (Wildman–Crippen LogP) is 2.30. The van der Waals surface area contributed by atoms with Crippen molar-refractivity contribution in [2.24, 2.45) is 10.7 Å². The minimum absolute atomic E-state index is 0.683. The first-order valence-corrected chi connectivity index (χ1v) is 7.81. The molecule has 2 aromatic rings. The van der Waals surface area contributed by atoms with E-state index in [1.165, 1.54) is 25.7 Å². The van der Waals surface area contributed by atoms with Crippen LogP contribution in [0.25, 0.3) is 11.0 Å². The molecule has 5 nitrogen and oxygen atoms in total. The number of para-hydroxylation sites is 2. The van der Waals surface area contributed by atoms with E-state index in [0.29, 0.717) is 12.5 Å². The van der Waals surface area contributed by atoms with Gasteiger partial charge in [0, 0.05) is 26.1 Å². The molecule has 1 aliphatic heterocycles. The van der Waals surface area contributed by atoms with Gasteiger partial charge in [-0.15, -0.1) is 0 Å². The van der Waals surface area contributed by atoms with E-state index in [1.54, 1.807) is 0 Å². The van der Waals surface area contributed by atoms with Crippen LogP contribution in [0.4, 0.5) is 0 Å². The van der Waals surface area contributed by atoms with E-state index in [4.69, 9.17) is 5.73 Å². The van der Waals surface area contributed by atoms with Gasteiger partial charge >= 0.3 is 0 Å². The number of likely N-dealkylation sites (tertiary alicyclic amines) is 1. The second-order valence-corrected chi connectivity index (χ2v) is 5.59. The van der Waals surface area contributed by atoms with Crippen LogP contribution in [0.15, 0.2) is 29.3 Å². The fourth-order valence-electron chi connectivity index (χ4n) is 2.80. The van der Waals surface area contributed by atoms with Crippen LogP contribution >= 0.6 is 0 Å². The molecular formula is C16H23N5. The van der Waals surface area contributed by atoms with Gasteiger partial charge in [0.15, 0.2) is 5.96 Å². The molecule has 21 heavy (non-hydrogen) atoms. The zero-order chi connectivity index (χ0) is 14.5. The average Bonchev–Trinajstić information content (AvgIpc) is 2.71. The highest BCUT2D eigenvalue weighted by atomic mass is 15.2. The quantitative estimate of drug-likeness (QED) is 0.671. The number of guanidine groups is 1. The predicted molar refractivity (Wildman–Crippen MR) is 86.3 cm³/mol. The number of nitrogens with one attached hydrogen (secondary N) is 1. The molecule has 0 aliphatic carbocycles. The Bertz CT molecular complexity index is 575. The zero-order valence-electron chi connectivity index (χ0n) is 12.4. The highest BCUT2D eigenvalue weighted by Gasteiger charge is 2.10. The van der Waals surface area contributed by atoms with Crippen LogP contribution < -0.4 is 5.73 Å². The molecule has 1 aromatic heterocycles. The Morgan fingerprint density at radius 1 is 1.19 bits per heavy atom. The number of aromatic nitrogens is 2. The van der Waals surface area contributed by atoms with Gasteiger partial charge in [-0.2, -0.15) is 0 Å². The van der Waals surface area contributed by atoms with Crippen molar-refractivity contribution in [2.75, 3.05) is 19.6 Å². The highest BCUT2D eigenvalue weighted by Crippen LogP contribution is 2.11. The molecule has 0 unspecified atom stereocenters. The van der Waals surface area contributed by atoms with Crippen molar-refractivity contribution in [1.82, 2.24) is 14.9 Å². The van der Waals surface area contributed by atoms with Gasteiger partial charge in [-0.25, -0.2) is 4.98 Å². The Labute approximate surface area is 125 Å². The van der Waals surface area contributed by atoms with Gasteiger partial charge in [-0.1, -0.05) is 25.0 Å². The number of nitrogens with zero attached hydrogens (tertiary/aromatic N) is 3. The van der Waals surface area contributed by atoms with Crippen molar-refractivity contribution >= 4 is 17.0 Å². The summed E-state index contributed by atoms with van der Waals surface area (Å²) in [6, 6.07) is 8.08. The Hall–Kier alpha value is -2.04. The van der Waals surface area contributed by atoms with Crippen molar-refractivity contribution in [3.63, 3.8) is 0 Å². The first kappa shape index (κ1) is 13.9. The molecular weight excluding hydrogens is 262 g/mol. The van der Waals surface area contributed by atoms with E-state index in [1.807, 2.05) is 24.3 Å². The van der Waals surface area contributed by atoms with Crippen molar-refractivity contribution < 1.29 is 0 Å². The molecule has 112 valence electrons. The zero-order valence-corrected chi connectivity index (χ0v) is 12.4. The number of imidazole rings is 1. The summed E-state index contributed by atoms with van der Waals surface area (Å²) in [5.41, 5.74) is 8.19. The summed E-state index contributed by atoms with van der Waals surface area (Å²) in [5, 5.41) is 0. The van der Waals surface area contributed by atoms with Gasteiger partial charge in [-0.05, 0) is 25.0 Å². The number of aliphatic imine (C=N–C) groups is 1. The van der Waals surface area contributed by atoms with Crippen LogP contribution in [0.2, 0.25) is 0 Å². The third kappa shape index (κ3) is 3.54. The molecule has 1 fully saturated rings. The summed E-state index contributed by atoms with van der Waals surface area (Å²) in [6.45, 7) is 2.77. The minimum Gasteiger partial charge on any atom is -0.370 e. The lowest BCUT2D eigenvalue weighted by Crippen LogP contribution is -2.38.